The van der Waals surface area contributed by atoms with Crippen molar-refractivity contribution in [2.45, 2.75) is 18.8 Å². The van der Waals surface area contributed by atoms with Crippen molar-refractivity contribution in [1.29, 1.82) is 0 Å². The SMILES string of the molecule is c1ccc(-c2cccc(-c3nc(-c4cccc5oc6ccccc6c45)nc(-c4ccc(C5CCc6cc7ccccc7cc6-c6ccccc65)c5oc6ccccc6c45)n3)c2)cc1. The van der Waals surface area contributed by atoms with Crippen LogP contribution in [0.25, 0.3) is 111 Å². The predicted molar refractivity (Wildman–Crippen MR) is 256 cm³/mol. The molecule has 0 amide bonds. The Kier molecular flexibility index (Phi) is 8.03. The Labute approximate surface area is 363 Å². The molecule has 1 aliphatic carbocycles. The van der Waals surface area contributed by atoms with E-state index in [1.807, 2.05) is 42.5 Å². The lowest BCUT2D eigenvalue weighted by atomic mass is 9.84. The van der Waals surface area contributed by atoms with Crippen molar-refractivity contribution < 1.29 is 8.83 Å². The van der Waals surface area contributed by atoms with Gasteiger partial charge in [0.15, 0.2) is 17.5 Å². The monoisotopic (exact) mass is 807 g/mol. The zero-order chi connectivity index (χ0) is 41.4. The van der Waals surface area contributed by atoms with Crippen LogP contribution < -0.4 is 0 Å². The van der Waals surface area contributed by atoms with Crippen LogP contribution in [0.3, 0.4) is 0 Å². The predicted octanol–water partition coefficient (Wildman–Crippen LogP) is 15.2. The van der Waals surface area contributed by atoms with Gasteiger partial charge in [-0.15, -0.1) is 0 Å². The van der Waals surface area contributed by atoms with Crippen LogP contribution in [-0.2, 0) is 6.42 Å². The van der Waals surface area contributed by atoms with Crippen molar-refractivity contribution in [3.8, 4) is 56.4 Å². The van der Waals surface area contributed by atoms with Gasteiger partial charge < -0.3 is 8.83 Å². The minimum atomic E-state index is 0.0889. The Morgan fingerprint density at radius 3 is 1.83 bits per heavy atom. The minimum absolute atomic E-state index is 0.0889. The van der Waals surface area contributed by atoms with E-state index in [-0.39, 0.29) is 5.92 Å². The molecule has 3 heterocycles. The molecule has 1 unspecified atom stereocenters. The van der Waals surface area contributed by atoms with Gasteiger partial charge in [0, 0.05) is 49.7 Å². The molecule has 0 N–H and O–H groups in total. The van der Waals surface area contributed by atoms with Crippen LogP contribution in [0.2, 0.25) is 0 Å². The van der Waals surface area contributed by atoms with Crippen LogP contribution in [0, 0.1) is 0 Å². The molecule has 1 atom stereocenters. The van der Waals surface area contributed by atoms with Crippen molar-refractivity contribution in [2.24, 2.45) is 0 Å². The van der Waals surface area contributed by atoms with E-state index in [0.717, 1.165) is 90.1 Å². The fraction of sp³-hybridized carbons (Fsp3) is 0.0517. The lowest BCUT2D eigenvalue weighted by molar-refractivity contribution is 0.647. The number of hydrogen-bond acceptors (Lipinski definition) is 5. The number of para-hydroxylation sites is 2. The van der Waals surface area contributed by atoms with E-state index in [1.54, 1.807) is 0 Å². The van der Waals surface area contributed by atoms with Gasteiger partial charge >= 0.3 is 0 Å². The summed E-state index contributed by atoms with van der Waals surface area (Å²) >= 11 is 0. The van der Waals surface area contributed by atoms with Crippen LogP contribution in [-0.4, -0.2) is 15.0 Å². The highest BCUT2D eigenvalue weighted by molar-refractivity contribution is 6.14. The maximum Gasteiger partial charge on any atom is 0.164 e. The van der Waals surface area contributed by atoms with E-state index in [9.17, 15) is 0 Å². The quantitative estimate of drug-likeness (QED) is 0.173. The van der Waals surface area contributed by atoms with Crippen molar-refractivity contribution in [1.82, 2.24) is 15.0 Å². The first-order valence-electron chi connectivity index (χ1n) is 21.6. The van der Waals surface area contributed by atoms with E-state index in [4.69, 9.17) is 23.8 Å². The van der Waals surface area contributed by atoms with Crippen LogP contribution in [0.5, 0.6) is 0 Å². The lowest BCUT2D eigenvalue weighted by Crippen LogP contribution is -2.04. The second kappa shape index (κ2) is 14.2. The minimum Gasteiger partial charge on any atom is -0.456 e. The average Bonchev–Trinajstić information content (AvgIpc) is 3.89. The number of aryl methyl sites for hydroxylation is 1. The van der Waals surface area contributed by atoms with Gasteiger partial charge in [-0.05, 0) is 93.4 Å². The molecule has 5 nitrogen and oxygen atoms in total. The highest BCUT2D eigenvalue weighted by Gasteiger charge is 2.29. The second-order valence-corrected chi connectivity index (χ2v) is 16.6. The summed E-state index contributed by atoms with van der Waals surface area (Å²) in [4.78, 5) is 16.0. The summed E-state index contributed by atoms with van der Waals surface area (Å²) in [6.45, 7) is 0. The van der Waals surface area contributed by atoms with Gasteiger partial charge in [0.05, 0.1) is 0 Å². The third kappa shape index (κ3) is 5.81. The number of nitrogens with zero attached hydrogens (tertiary/aromatic N) is 3. The van der Waals surface area contributed by atoms with Crippen molar-refractivity contribution in [3.05, 3.63) is 211 Å². The van der Waals surface area contributed by atoms with Gasteiger partial charge in [-0.1, -0.05) is 158 Å². The Morgan fingerprint density at radius 1 is 0.381 bits per heavy atom. The van der Waals surface area contributed by atoms with Gasteiger partial charge in [0.1, 0.15) is 22.3 Å². The van der Waals surface area contributed by atoms with Gasteiger partial charge in [0.2, 0.25) is 0 Å². The molecule has 0 fully saturated rings. The summed E-state index contributed by atoms with van der Waals surface area (Å²) in [6.07, 6.45) is 1.88. The molecule has 9 aromatic carbocycles. The molecule has 0 bridgehead atoms. The maximum atomic E-state index is 7.00. The summed E-state index contributed by atoms with van der Waals surface area (Å²) in [5, 5.41) is 6.55. The molecular weight excluding hydrogens is 771 g/mol. The van der Waals surface area contributed by atoms with E-state index in [1.165, 1.54) is 33.0 Å². The Morgan fingerprint density at radius 2 is 0.984 bits per heavy atom. The molecule has 12 aromatic rings. The molecule has 0 saturated carbocycles. The van der Waals surface area contributed by atoms with Gasteiger partial charge in [-0.2, -0.15) is 0 Å². The summed E-state index contributed by atoms with van der Waals surface area (Å²) in [5.41, 5.74) is 14.6. The standard InChI is InChI=1S/C58H37N3O2/c1-2-14-35(15-3-1)36-18-12-19-40(33-36)56-59-57(47-24-13-27-52-53(47)45-22-8-10-25-50(45)62-52)61-58(60-56)48-31-30-44(55-54(48)46-23-9-11-26-51(46)63-55)43-29-28-39-32-37-16-4-5-17-38(37)34-49(39)42-21-7-6-20-41(42)43/h1-27,30-34,43H,28-29H2. The number of rotatable bonds is 5. The van der Waals surface area contributed by atoms with E-state index >= 15 is 0 Å². The molecule has 13 rings (SSSR count). The highest BCUT2D eigenvalue weighted by Crippen LogP contribution is 2.47. The fourth-order valence-corrected chi connectivity index (χ4v) is 10.1. The maximum absolute atomic E-state index is 7.00. The van der Waals surface area contributed by atoms with Gasteiger partial charge in [-0.25, -0.2) is 15.0 Å². The Balaban J connectivity index is 1.04. The van der Waals surface area contributed by atoms with Crippen LogP contribution in [0.4, 0.5) is 0 Å². The number of fused-ring (bicyclic) bond motifs is 10. The molecule has 0 spiro atoms. The molecule has 0 radical (unpaired) electrons. The summed E-state index contributed by atoms with van der Waals surface area (Å²) in [7, 11) is 0. The smallest absolute Gasteiger partial charge is 0.164 e. The molecule has 1 aliphatic rings. The third-order valence-corrected chi connectivity index (χ3v) is 13.0. The third-order valence-electron chi connectivity index (χ3n) is 13.0. The molecule has 0 aliphatic heterocycles. The number of furan rings is 2. The zero-order valence-electron chi connectivity index (χ0n) is 34.1. The first kappa shape index (κ1) is 35.6. The first-order valence-corrected chi connectivity index (χ1v) is 21.6. The van der Waals surface area contributed by atoms with Crippen molar-refractivity contribution in [2.75, 3.05) is 0 Å². The topological polar surface area (TPSA) is 65.0 Å². The fourth-order valence-electron chi connectivity index (χ4n) is 10.1. The van der Waals surface area contributed by atoms with Crippen molar-refractivity contribution >= 4 is 54.6 Å². The summed E-state index contributed by atoms with van der Waals surface area (Å²) < 4.78 is 13.4. The Hall–Kier alpha value is -8.15. The van der Waals surface area contributed by atoms with Gasteiger partial charge in [0.25, 0.3) is 0 Å². The number of hydrogen-bond donors (Lipinski definition) is 0. The molecular formula is C58H37N3O2. The van der Waals surface area contributed by atoms with E-state index in [2.05, 4.69) is 152 Å². The average molecular weight is 808 g/mol. The molecule has 3 aromatic heterocycles. The summed E-state index contributed by atoms with van der Waals surface area (Å²) in [6, 6.07) is 68.4. The molecule has 5 heteroatoms. The summed E-state index contributed by atoms with van der Waals surface area (Å²) in [5.74, 6) is 1.83. The highest BCUT2D eigenvalue weighted by atomic mass is 16.3. The Bertz CT molecular complexity index is 3770. The van der Waals surface area contributed by atoms with Crippen molar-refractivity contribution in [3.63, 3.8) is 0 Å². The lowest BCUT2D eigenvalue weighted by Gasteiger charge is -2.19. The molecule has 63 heavy (non-hydrogen) atoms. The van der Waals surface area contributed by atoms with E-state index in [0.29, 0.717) is 17.5 Å². The molecule has 296 valence electrons. The van der Waals surface area contributed by atoms with Gasteiger partial charge in [-0.3, -0.25) is 0 Å². The van der Waals surface area contributed by atoms with Crippen LogP contribution in [0.1, 0.15) is 29.0 Å². The second-order valence-electron chi connectivity index (χ2n) is 16.6. The first-order chi connectivity index (χ1) is 31.2. The largest absolute Gasteiger partial charge is 0.456 e. The molecule has 0 saturated heterocycles. The number of aromatic nitrogens is 3. The number of benzene rings is 9. The van der Waals surface area contributed by atoms with Crippen LogP contribution >= 0.6 is 0 Å². The zero-order valence-corrected chi connectivity index (χ0v) is 34.1. The van der Waals surface area contributed by atoms with Crippen LogP contribution in [0.15, 0.2) is 203 Å². The van der Waals surface area contributed by atoms with E-state index < -0.39 is 0 Å². The normalized spacial score (nSPS) is 13.7.